The Labute approximate surface area is 219 Å². The fourth-order valence-electron chi connectivity index (χ4n) is 3.94. The van der Waals surface area contributed by atoms with E-state index in [-0.39, 0.29) is 18.8 Å². The first-order valence-corrected chi connectivity index (χ1v) is 12.2. The average molecular weight is 533 g/mol. The fraction of sp³-hybridized carbons (Fsp3) is 0.480. The van der Waals surface area contributed by atoms with Crippen molar-refractivity contribution in [3.63, 3.8) is 0 Å². The molecule has 0 saturated heterocycles. The van der Waals surface area contributed by atoms with Crippen LogP contribution in [0.4, 0.5) is 0 Å². The Morgan fingerprint density at radius 1 is 0.947 bits per heavy atom. The largest absolute Gasteiger partial charge is 0.480 e. The predicted octanol–water partition coefficient (Wildman–Crippen LogP) is -1.12. The second kappa shape index (κ2) is 13.5. The number of aromatic amines is 1. The molecule has 1 aromatic carbocycles. The highest BCUT2D eigenvalue weighted by Gasteiger charge is 2.32. The van der Waals surface area contributed by atoms with Crippen molar-refractivity contribution < 1.29 is 34.2 Å². The van der Waals surface area contributed by atoms with Gasteiger partial charge in [-0.05, 0) is 30.9 Å². The van der Waals surface area contributed by atoms with E-state index < -0.39 is 66.3 Å². The number of hydrogen-bond donors (Lipinski definition) is 8. The van der Waals surface area contributed by atoms with Gasteiger partial charge in [0.2, 0.25) is 23.6 Å². The standard InChI is InChI=1S/C25H36N6O7/c1-12(2)8-18(24(36)31-21(13(3)32)25(37)38)30-23(35)19(29-22(34)16(26)10-20(27)33)9-14-11-28-17-7-5-4-6-15(14)17/h4-7,11-13,16,18-19,21,28,32H,8-10,26H2,1-3H3,(H2,27,33)(H,29,34)(H,30,35)(H,31,36)(H,37,38). The zero-order valence-electron chi connectivity index (χ0n) is 21.6. The first kappa shape index (κ1) is 30.3. The number of nitrogens with one attached hydrogen (secondary N) is 4. The van der Waals surface area contributed by atoms with Crippen LogP contribution in [-0.2, 0) is 30.4 Å². The SMILES string of the molecule is CC(C)CC(NC(=O)C(Cc1c[nH]c2ccccc12)NC(=O)C(N)CC(N)=O)C(=O)NC(C(=O)O)C(C)O. The van der Waals surface area contributed by atoms with Gasteiger partial charge in [0.25, 0.3) is 0 Å². The van der Waals surface area contributed by atoms with Crippen molar-refractivity contribution in [2.45, 2.75) is 70.3 Å². The fourth-order valence-corrected chi connectivity index (χ4v) is 3.94. The molecule has 0 fully saturated rings. The third-order valence-electron chi connectivity index (χ3n) is 5.88. The van der Waals surface area contributed by atoms with Gasteiger partial charge >= 0.3 is 5.97 Å². The molecule has 38 heavy (non-hydrogen) atoms. The molecule has 0 bridgehead atoms. The van der Waals surface area contributed by atoms with Crippen LogP contribution in [0.1, 0.15) is 39.2 Å². The molecule has 2 rings (SSSR count). The number of H-pyrrole nitrogens is 1. The van der Waals surface area contributed by atoms with Crippen LogP contribution in [0.3, 0.4) is 0 Å². The highest BCUT2D eigenvalue weighted by molar-refractivity contribution is 5.95. The molecule has 5 atom stereocenters. The summed E-state index contributed by atoms with van der Waals surface area (Å²) in [6.45, 7) is 4.84. The number of aliphatic carboxylic acids is 1. The number of carbonyl (C=O) groups is 5. The van der Waals surface area contributed by atoms with Crippen LogP contribution in [0.25, 0.3) is 10.9 Å². The van der Waals surface area contributed by atoms with E-state index >= 15 is 0 Å². The van der Waals surface area contributed by atoms with E-state index in [1.54, 1.807) is 6.20 Å². The van der Waals surface area contributed by atoms with E-state index in [9.17, 15) is 34.2 Å². The number of aliphatic hydroxyl groups excluding tert-OH is 1. The lowest BCUT2D eigenvalue weighted by atomic mass is 10.00. The van der Waals surface area contributed by atoms with Crippen molar-refractivity contribution in [1.82, 2.24) is 20.9 Å². The molecule has 13 heteroatoms. The van der Waals surface area contributed by atoms with Crippen LogP contribution in [0, 0.1) is 5.92 Å². The molecule has 0 spiro atoms. The van der Waals surface area contributed by atoms with Gasteiger partial charge in [-0.2, -0.15) is 0 Å². The number of hydrogen-bond acceptors (Lipinski definition) is 7. The molecule has 0 aliphatic heterocycles. The summed E-state index contributed by atoms with van der Waals surface area (Å²) in [7, 11) is 0. The van der Waals surface area contributed by atoms with Crippen LogP contribution in [-0.4, -0.2) is 75.1 Å². The molecule has 4 amide bonds. The summed E-state index contributed by atoms with van der Waals surface area (Å²) in [5.74, 6) is -4.61. The van der Waals surface area contributed by atoms with Crippen molar-refractivity contribution >= 4 is 40.5 Å². The molecular weight excluding hydrogens is 496 g/mol. The molecule has 0 aliphatic carbocycles. The molecular formula is C25H36N6O7. The number of aliphatic hydroxyl groups is 1. The minimum absolute atomic E-state index is 0.0202. The summed E-state index contributed by atoms with van der Waals surface area (Å²) in [5, 5.41) is 27.2. The Bertz CT molecular complexity index is 1160. The van der Waals surface area contributed by atoms with E-state index in [4.69, 9.17) is 11.5 Å². The number of para-hydroxylation sites is 1. The lowest BCUT2D eigenvalue weighted by Crippen LogP contribution is -2.59. The normalized spacial score (nSPS) is 15.2. The Morgan fingerprint density at radius 2 is 1.55 bits per heavy atom. The third kappa shape index (κ3) is 8.56. The Hall–Kier alpha value is -3.97. The molecule has 1 heterocycles. The van der Waals surface area contributed by atoms with Gasteiger partial charge in [-0.1, -0.05) is 32.0 Å². The molecule has 13 nitrogen and oxygen atoms in total. The Kier molecular flexibility index (Phi) is 10.8. The van der Waals surface area contributed by atoms with Gasteiger partial charge in [-0.3, -0.25) is 19.2 Å². The van der Waals surface area contributed by atoms with E-state index in [0.29, 0.717) is 5.56 Å². The van der Waals surface area contributed by atoms with E-state index in [1.165, 1.54) is 6.92 Å². The maximum absolute atomic E-state index is 13.4. The predicted molar refractivity (Wildman–Crippen MR) is 138 cm³/mol. The lowest BCUT2D eigenvalue weighted by molar-refractivity contribution is -0.145. The molecule has 10 N–H and O–H groups in total. The monoisotopic (exact) mass is 532 g/mol. The second-order valence-electron chi connectivity index (χ2n) is 9.66. The molecule has 1 aromatic heterocycles. The van der Waals surface area contributed by atoms with E-state index in [0.717, 1.165) is 10.9 Å². The molecule has 0 saturated carbocycles. The number of amides is 4. The van der Waals surface area contributed by atoms with Crippen molar-refractivity contribution in [1.29, 1.82) is 0 Å². The number of fused-ring (bicyclic) bond motifs is 1. The summed E-state index contributed by atoms with van der Waals surface area (Å²) < 4.78 is 0. The first-order chi connectivity index (χ1) is 17.8. The summed E-state index contributed by atoms with van der Waals surface area (Å²) in [4.78, 5) is 64.8. The number of primary amides is 1. The molecule has 0 aliphatic rings. The van der Waals surface area contributed by atoms with Crippen molar-refractivity contribution in [2.24, 2.45) is 17.4 Å². The third-order valence-corrected chi connectivity index (χ3v) is 5.88. The van der Waals surface area contributed by atoms with Gasteiger partial charge in [0, 0.05) is 23.5 Å². The zero-order chi connectivity index (χ0) is 28.6. The number of carbonyl (C=O) groups excluding carboxylic acids is 4. The van der Waals surface area contributed by atoms with Crippen LogP contribution < -0.4 is 27.4 Å². The summed E-state index contributed by atoms with van der Waals surface area (Å²) in [6, 6.07) is 2.11. The number of nitrogens with two attached hydrogens (primary N) is 2. The minimum atomic E-state index is -1.58. The average Bonchev–Trinajstić information content (AvgIpc) is 3.23. The second-order valence-corrected chi connectivity index (χ2v) is 9.66. The zero-order valence-corrected chi connectivity index (χ0v) is 21.6. The number of carboxylic acid groups (broad SMARTS) is 1. The molecule has 208 valence electrons. The molecule has 2 aromatic rings. The quantitative estimate of drug-likeness (QED) is 0.148. The van der Waals surface area contributed by atoms with Crippen molar-refractivity contribution in [3.8, 4) is 0 Å². The maximum atomic E-state index is 13.4. The van der Waals surface area contributed by atoms with Crippen LogP contribution >= 0.6 is 0 Å². The van der Waals surface area contributed by atoms with E-state index in [2.05, 4.69) is 20.9 Å². The van der Waals surface area contributed by atoms with Gasteiger partial charge < -0.3 is 42.6 Å². The number of carboxylic acids is 1. The van der Waals surface area contributed by atoms with Gasteiger partial charge in [-0.25, -0.2) is 4.79 Å². The Balaban J connectivity index is 2.32. The number of rotatable bonds is 14. The van der Waals surface area contributed by atoms with Crippen LogP contribution in [0.15, 0.2) is 30.5 Å². The van der Waals surface area contributed by atoms with Crippen LogP contribution in [0.5, 0.6) is 0 Å². The van der Waals surface area contributed by atoms with Gasteiger partial charge in [0.15, 0.2) is 6.04 Å². The highest BCUT2D eigenvalue weighted by Crippen LogP contribution is 2.19. The smallest absolute Gasteiger partial charge is 0.328 e. The highest BCUT2D eigenvalue weighted by atomic mass is 16.4. The summed E-state index contributed by atoms with van der Waals surface area (Å²) in [6.07, 6.45) is 0.0540. The molecule has 0 radical (unpaired) electrons. The van der Waals surface area contributed by atoms with E-state index in [1.807, 2.05) is 38.1 Å². The van der Waals surface area contributed by atoms with Crippen molar-refractivity contribution in [2.75, 3.05) is 0 Å². The summed E-state index contributed by atoms with van der Waals surface area (Å²) >= 11 is 0. The van der Waals surface area contributed by atoms with Crippen LogP contribution in [0.2, 0.25) is 0 Å². The number of aromatic nitrogens is 1. The van der Waals surface area contributed by atoms with Gasteiger partial charge in [0.1, 0.15) is 12.1 Å². The maximum Gasteiger partial charge on any atom is 0.328 e. The summed E-state index contributed by atoms with van der Waals surface area (Å²) in [5.41, 5.74) is 12.4. The minimum Gasteiger partial charge on any atom is -0.480 e. The first-order valence-electron chi connectivity index (χ1n) is 12.2. The van der Waals surface area contributed by atoms with Crippen molar-refractivity contribution in [3.05, 3.63) is 36.0 Å². The Morgan fingerprint density at radius 3 is 2.13 bits per heavy atom. The number of benzene rings is 1. The topological polar surface area (TPSA) is 230 Å². The van der Waals surface area contributed by atoms with Gasteiger partial charge in [0.05, 0.1) is 18.6 Å². The van der Waals surface area contributed by atoms with Gasteiger partial charge in [-0.15, -0.1) is 0 Å². The molecule has 5 unspecified atom stereocenters. The lowest BCUT2D eigenvalue weighted by Gasteiger charge is -2.26.